The smallest absolute Gasteiger partial charge is 0.270 e. The predicted octanol–water partition coefficient (Wildman–Crippen LogP) is 2.64. The van der Waals surface area contributed by atoms with E-state index in [4.69, 9.17) is 0 Å². The van der Waals surface area contributed by atoms with Crippen molar-refractivity contribution in [1.29, 1.82) is 0 Å². The van der Waals surface area contributed by atoms with E-state index in [-0.39, 0.29) is 11.8 Å². The molecule has 0 spiro atoms. The lowest BCUT2D eigenvalue weighted by atomic mass is 10.1. The number of nitrogens with one attached hydrogen (secondary N) is 1. The van der Waals surface area contributed by atoms with Crippen LogP contribution < -0.4 is 10.2 Å². The van der Waals surface area contributed by atoms with Gasteiger partial charge >= 0.3 is 0 Å². The third-order valence-electron chi connectivity index (χ3n) is 3.50. The Hall–Kier alpha value is -2.43. The van der Waals surface area contributed by atoms with Crippen molar-refractivity contribution in [2.45, 2.75) is 26.2 Å². The van der Waals surface area contributed by atoms with Crippen LogP contribution in [0, 0.1) is 0 Å². The molecule has 23 heavy (non-hydrogen) atoms. The summed E-state index contributed by atoms with van der Waals surface area (Å²) in [5, 5.41) is 2.93. The second-order valence-corrected chi connectivity index (χ2v) is 6.02. The quantitative estimate of drug-likeness (QED) is 0.891. The fraction of sp³-hybridized carbons (Fsp3) is 0.389. The Labute approximate surface area is 137 Å². The van der Waals surface area contributed by atoms with Gasteiger partial charge in [0.05, 0.1) is 0 Å². The second-order valence-electron chi connectivity index (χ2n) is 6.02. The SMILES string of the molecule is CC(C)c1cc(C(=O)NCCc2ccccc2)nc(N(C)C)n1. The number of benzene rings is 1. The second kappa shape index (κ2) is 7.72. The fourth-order valence-corrected chi connectivity index (χ4v) is 2.12. The van der Waals surface area contributed by atoms with Crippen molar-refractivity contribution in [3.05, 3.63) is 53.3 Å². The molecule has 0 saturated heterocycles. The first-order valence-electron chi connectivity index (χ1n) is 7.86. The molecule has 2 rings (SSSR count). The highest BCUT2D eigenvalue weighted by molar-refractivity contribution is 5.92. The summed E-state index contributed by atoms with van der Waals surface area (Å²) in [4.78, 5) is 23.0. The van der Waals surface area contributed by atoms with Gasteiger partial charge in [0.1, 0.15) is 5.69 Å². The van der Waals surface area contributed by atoms with Gasteiger partial charge < -0.3 is 10.2 Å². The van der Waals surface area contributed by atoms with Gasteiger partial charge in [-0.3, -0.25) is 4.79 Å². The van der Waals surface area contributed by atoms with Crippen LogP contribution in [0.5, 0.6) is 0 Å². The molecule has 0 unspecified atom stereocenters. The zero-order valence-corrected chi connectivity index (χ0v) is 14.2. The van der Waals surface area contributed by atoms with Crippen molar-refractivity contribution in [3.8, 4) is 0 Å². The van der Waals surface area contributed by atoms with Gasteiger partial charge in [-0.15, -0.1) is 0 Å². The molecular weight excluding hydrogens is 288 g/mol. The lowest BCUT2D eigenvalue weighted by molar-refractivity contribution is 0.0949. The first kappa shape index (κ1) is 16.9. The van der Waals surface area contributed by atoms with Crippen molar-refractivity contribution >= 4 is 11.9 Å². The van der Waals surface area contributed by atoms with E-state index in [1.54, 1.807) is 6.07 Å². The zero-order chi connectivity index (χ0) is 16.8. The number of hydrogen-bond acceptors (Lipinski definition) is 4. The van der Waals surface area contributed by atoms with Gasteiger partial charge in [-0.25, -0.2) is 9.97 Å². The number of amides is 1. The molecule has 122 valence electrons. The highest BCUT2D eigenvalue weighted by Crippen LogP contribution is 2.16. The maximum atomic E-state index is 12.4. The van der Waals surface area contributed by atoms with Gasteiger partial charge in [0.2, 0.25) is 5.95 Å². The van der Waals surface area contributed by atoms with Gasteiger partial charge in [0, 0.05) is 26.3 Å². The molecule has 1 aromatic heterocycles. The molecule has 0 saturated carbocycles. The van der Waals surface area contributed by atoms with Crippen LogP contribution in [0.2, 0.25) is 0 Å². The number of hydrogen-bond donors (Lipinski definition) is 1. The molecule has 0 aliphatic rings. The average Bonchev–Trinajstić information content (AvgIpc) is 2.55. The number of nitrogens with zero attached hydrogens (tertiary/aromatic N) is 3. The minimum atomic E-state index is -0.159. The fourth-order valence-electron chi connectivity index (χ4n) is 2.12. The van der Waals surface area contributed by atoms with Crippen LogP contribution >= 0.6 is 0 Å². The monoisotopic (exact) mass is 312 g/mol. The van der Waals surface area contributed by atoms with Gasteiger partial charge in [-0.05, 0) is 24.0 Å². The minimum absolute atomic E-state index is 0.159. The Morgan fingerprint density at radius 1 is 1.17 bits per heavy atom. The van der Waals surface area contributed by atoms with Crippen molar-refractivity contribution in [1.82, 2.24) is 15.3 Å². The molecule has 5 nitrogen and oxygen atoms in total. The van der Waals surface area contributed by atoms with E-state index in [0.29, 0.717) is 18.2 Å². The van der Waals surface area contributed by atoms with Gasteiger partial charge in [-0.1, -0.05) is 44.2 Å². The summed E-state index contributed by atoms with van der Waals surface area (Å²) in [6, 6.07) is 11.9. The lowest BCUT2D eigenvalue weighted by Gasteiger charge is -2.15. The van der Waals surface area contributed by atoms with Crippen molar-refractivity contribution in [2.75, 3.05) is 25.5 Å². The van der Waals surface area contributed by atoms with Crippen LogP contribution in [0.1, 0.15) is 41.5 Å². The summed E-state index contributed by atoms with van der Waals surface area (Å²) in [6.45, 7) is 4.69. The molecular formula is C18H24N4O. The molecule has 1 heterocycles. The molecule has 0 radical (unpaired) electrons. The number of carbonyl (C=O) groups is 1. The van der Waals surface area contributed by atoms with Gasteiger partial charge in [0.25, 0.3) is 5.91 Å². The lowest BCUT2D eigenvalue weighted by Crippen LogP contribution is -2.28. The molecule has 1 aromatic carbocycles. The molecule has 1 amide bonds. The Balaban J connectivity index is 2.06. The van der Waals surface area contributed by atoms with Crippen LogP contribution in [-0.4, -0.2) is 36.5 Å². The van der Waals surface area contributed by atoms with E-state index >= 15 is 0 Å². The third kappa shape index (κ3) is 4.77. The first-order valence-corrected chi connectivity index (χ1v) is 7.86. The highest BCUT2D eigenvalue weighted by atomic mass is 16.1. The normalized spacial score (nSPS) is 10.7. The first-order chi connectivity index (χ1) is 11.0. The van der Waals surface area contributed by atoms with E-state index in [1.807, 2.05) is 37.2 Å². The average molecular weight is 312 g/mol. The van der Waals surface area contributed by atoms with E-state index in [2.05, 4.69) is 41.3 Å². The number of rotatable bonds is 6. The largest absolute Gasteiger partial charge is 0.350 e. The molecule has 0 aliphatic heterocycles. The predicted molar refractivity (Wildman–Crippen MR) is 92.9 cm³/mol. The number of carbonyl (C=O) groups excluding carboxylic acids is 1. The van der Waals surface area contributed by atoms with Gasteiger partial charge in [-0.2, -0.15) is 0 Å². The summed E-state index contributed by atoms with van der Waals surface area (Å²) in [7, 11) is 3.74. The van der Waals surface area contributed by atoms with E-state index in [1.165, 1.54) is 5.56 Å². The third-order valence-corrected chi connectivity index (χ3v) is 3.50. The Morgan fingerprint density at radius 2 is 1.87 bits per heavy atom. The van der Waals surface area contributed by atoms with Crippen LogP contribution in [0.25, 0.3) is 0 Å². The highest BCUT2D eigenvalue weighted by Gasteiger charge is 2.14. The van der Waals surface area contributed by atoms with Crippen molar-refractivity contribution < 1.29 is 4.79 Å². The minimum Gasteiger partial charge on any atom is -0.350 e. The van der Waals surface area contributed by atoms with Crippen LogP contribution in [-0.2, 0) is 6.42 Å². The van der Waals surface area contributed by atoms with Crippen LogP contribution in [0.15, 0.2) is 36.4 Å². The van der Waals surface area contributed by atoms with Crippen molar-refractivity contribution in [3.63, 3.8) is 0 Å². The molecule has 0 bridgehead atoms. The summed E-state index contributed by atoms with van der Waals surface area (Å²) in [5.41, 5.74) is 2.49. The van der Waals surface area contributed by atoms with Crippen LogP contribution in [0.3, 0.4) is 0 Å². The molecule has 2 aromatic rings. The molecule has 0 atom stereocenters. The maximum absolute atomic E-state index is 12.4. The summed E-state index contributed by atoms with van der Waals surface area (Å²) < 4.78 is 0. The standard InChI is InChI=1S/C18H24N4O/c1-13(2)15-12-16(21-18(20-15)22(3)4)17(23)19-11-10-14-8-6-5-7-9-14/h5-9,12-13H,10-11H2,1-4H3,(H,19,23). The zero-order valence-electron chi connectivity index (χ0n) is 14.2. The van der Waals surface area contributed by atoms with Gasteiger partial charge in [0.15, 0.2) is 0 Å². The molecule has 1 N–H and O–H groups in total. The number of anilines is 1. The summed E-state index contributed by atoms with van der Waals surface area (Å²) in [6.07, 6.45) is 0.801. The Bertz CT molecular complexity index is 627. The maximum Gasteiger partial charge on any atom is 0.270 e. The number of aromatic nitrogens is 2. The van der Waals surface area contributed by atoms with Crippen molar-refractivity contribution in [2.24, 2.45) is 0 Å². The summed E-state index contributed by atoms with van der Waals surface area (Å²) in [5.74, 6) is 0.644. The summed E-state index contributed by atoms with van der Waals surface area (Å²) >= 11 is 0. The Morgan fingerprint density at radius 3 is 2.48 bits per heavy atom. The van der Waals surface area contributed by atoms with E-state index in [0.717, 1.165) is 12.1 Å². The topological polar surface area (TPSA) is 58.1 Å². The van der Waals surface area contributed by atoms with Crippen LogP contribution in [0.4, 0.5) is 5.95 Å². The molecule has 5 heteroatoms. The molecule has 0 aliphatic carbocycles. The molecule has 0 fully saturated rings. The Kier molecular flexibility index (Phi) is 5.68. The van der Waals surface area contributed by atoms with E-state index < -0.39 is 0 Å². The van der Waals surface area contributed by atoms with E-state index in [9.17, 15) is 4.79 Å².